The van der Waals surface area contributed by atoms with Crippen molar-refractivity contribution in [2.24, 2.45) is 11.8 Å². The van der Waals surface area contributed by atoms with Gasteiger partial charge in [-0.25, -0.2) is 0 Å². The maximum atomic E-state index is 11.3. The van der Waals surface area contributed by atoms with Gasteiger partial charge >= 0.3 is 0 Å². The summed E-state index contributed by atoms with van der Waals surface area (Å²) < 4.78 is 0. The first-order valence-corrected chi connectivity index (χ1v) is 5.37. The fraction of sp³-hybridized carbons (Fsp3) is 0.900. The Morgan fingerprint density at radius 2 is 2.36 bits per heavy atom. The Morgan fingerprint density at radius 3 is 3.00 bits per heavy atom. The lowest BCUT2D eigenvalue weighted by Gasteiger charge is -2.23. The summed E-state index contributed by atoms with van der Waals surface area (Å²) in [5, 5.41) is 6.10. The first-order valence-electron chi connectivity index (χ1n) is 5.37. The van der Waals surface area contributed by atoms with Crippen molar-refractivity contribution in [3.05, 3.63) is 0 Å². The third-order valence-electron chi connectivity index (χ3n) is 3.68. The van der Waals surface area contributed by atoms with E-state index in [0.29, 0.717) is 12.6 Å². The molecule has 3 unspecified atom stereocenters. The average molecular weight is 197 g/mol. The van der Waals surface area contributed by atoms with Gasteiger partial charge in [-0.1, -0.05) is 0 Å². The Morgan fingerprint density at radius 1 is 1.57 bits per heavy atom. The minimum Gasteiger partial charge on any atom is -0.358 e. The van der Waals surface area contributed by atoms with Gasteiger partial charge in [0.05, 0.1) is 6.54 Å². The highest BCUT2D eigenvalue weighted by Gasteiger charge is 2.41. The third kappa shape index (κ3) is 1.64. The minimum absolute atomic E-state index is 0.129. The van der Waals surface area contributed by atoms with Crippen molar-refractivity contribution in [2.75, 3.05) is 33.2 Å². The quantitative estimate of drug-likeness (QED) is 0.613. The molecule has 14 heavy (non-hydrogen) atoms. The van der Waals surface area contributed by atoms with Crippen LogP contribution in [-0.4, -0.2) is 50.1 Å². The highest BCUT2D eigenvalue weighted by Crippen LogP contribution is 2.31. The summed E-state index contributed by atoms with van der Waals surface area (Å²) in [5.41, 5.74) is 0. The van der Waals surface area contributed by atoms with Gasteiger partial charge in [0.15, 0.2) is 0 Å². The van der Waals surface area contributed by atoms with E-state index in [4.69, 9.17) is 0 Å². The summed E-state index contributed by atoms with van der Waals surface area (Å²) in [5.74, 6) is 1.64. The Bertz CT molecular complexity index is 231. The SMILES string of the molecule is CNC(=O)CN1CC2CNCC2C1C. The monoisotopic (exact) mass is 197 g/mol. The van der Waals surface area contributed by atoms with E-state index in [1.807, 2.05) is 0 Å². The van der Waals surface area contributed by atoms with Gasteiger partial charge in [-0.3, -0.25) is 9.69 Å². The molecule has 2 aliphatic rings. The fourth-order valence-corrected chi connectivity index (χ4v) is 2.73. The molecule has 2 heterocycles. The maximum absolute atomic E-state index is 11.3. The van der Waals surface area contributed by atoms with Crippen LogP contribution in [0, 0.1) is 11.8 Å². The van der Waals surface area contributed by atoms with Crippen LogP contribution >= 0.6 is 0 Å². The van der Waals surface area contributed by atoms with Gasteiger partial charge in [-0.05, 0) is 31.8 Å². The van der Waals surface area contributed by atoms with Crippen molar-refractivity contribution >= 4 is 5.91 Å². The van der Waals surface area contributed by atoms with E-state index in [9.17, 15) is 4.79 Å². The summed E-state index contributed by atoms with van der Waals surface area (Å²) in [6.45, 7) is 6.12. The van der Waals surface area contributed by atoms with Crippen molar-refractivity contribution in [1.82, 2.24) is 15.5 Å². The highest BCUT2D eigenvalue weighted by atomic mass is 16.1. The lowest BCUT2D eigenvalue weighted by atomic mass is 9.95. The third-order valence-corrected chi connectivity index (χ3v) is 3.68. The molecule has 4 nitrogen and oxygen atoms in total. The summed E-state index contributed by atoms with van der Waals surface area (Å²) >= 11 is 0. The second kappa shape index (κ2) is 3.87. The number of hydrogen-bond acceptors (Lipinski definition) is 3. The molecule has 1 amide bonds. The van der Waals surface area contributed by atoms with Crippen LogP contribution in [0.4, 0.5) is 0 Å². The van der Waals surface area contributed by atoms with E-state index >= 15 is 0 Å². The summed E-state index contributed by atoms with van der Waals surface area (Å²) in [6, 6.07) is 0.548. The zero-order valence-corrected chi connectivity index (χ0v) is 8.92. The molecule has 2 aliphatic heterocycles. The van der Waals surface area contributed by atoms with Gasteiger partial charge in [-0.2, -0.15) is 0 Å². The van der Waals surface area contributed by atoms with Crippen molar-refractivity contribution in [3.8, 4) is 0 Å². The Labute approximate surface area is 85.0 Å². The second-order valence-electron chi connectivity index (χ2n) is 4.43. The molecular formula is C10H19N3O. The van der Waals surface area contributed by atoms with E-state index < -0.39 is 0 Å². The predicted octanol–water partition coefficient (Wildman–Crippen LogP) is -0.728. The Hall–Kier alpha value is -0.610. The van der Waals surface area contributed by atoms with E-state index in [0.717, 1.165) is 31.5 Å². The molecule has 2 fully saturated rings. The van der Waals surface area contributed by atoms with Crippen LogP contribution in [-0.2, 0) is 4.79 Å². The smallest absolute Gasteiger partial charge is 0.233 e. The molecule has 2 N–H and O–H groups in total. The van der Waals surface area contributed by atoms with Crippen LogP contribution in [0.1, 0.15) is 6.92 Å². The maximum Gasteiger partial charge on any atom is 0.233 e. The van der Waals surface area contributed by atoms with Gasteiger partial charge in [0, 0.05) is 19.6 Å². The molecule has 0 radical (unpaired) electrons. The molecule has 0 aliphatic carbocycles. The molecule has 3 atom stereocenters. The van der Waals surface area contributed by atoms with Gasteiger partial charge in [0.25, 0.3) is 0 Å². The topological polar surface area (TPSA) is 44.4 Å². The van der Waals surface area contributed by atoms with E-state index in [-0.39, 0.29) is 5.91 Å². The number of carbonyl (C=O) groups excluding carboxylic acids is 1. The molecule has 2 saturated heterocycles. The lowest BCUT2D eigenvalue weighted by Crippen LogP contribution is -2.40. The van der Waals surface area contributed by atoms with E-state index in [1.54, 1.807) is 7.05 Å². The largest absolute Gasteiger partial charge is 0.358 e. The first-order chi connectivity index (χ1) is 6.72. The first kappa shape index (κ1) is 9.93. The van der Waals surface area contributed by atoms with Crippen LogP contribution in [0.25, 0.3) is 0 Å². The van der Waals surface area contributed by atoms with Crippen LogP contribution in [0.2, 0.25) is 0 Å². The Kier molecular flexibility index (Phi) is 2.74. The van der Waals surface area contributed by atoms with Crippen molar-refractivity contribution in [3.63, 3.8) is 0 Å². The number of rotatable bonds is 2. The molecule has 0 aromatic carbocycles. The molecule has 80 valence electrons. The van der Waals surface area contributed by atoms with Crippen LogP contribution in [0.3, 0.4) is 0 Å². The molecule has 0 saturated carbocycles. The number of carbonyl (C=O) groups is 1. The number of nitrogens with zero attached hydrogens (tertiary/aromatic N) is 1. The molecule has 0 aromatic rings. The van der Waals surface area contributed by atoms with Crippen molar-refractivity contribution in [2.45, 2.75) is 13.0 Å². The standard InChI is InChI=1S/C10H19N3O/c1-7-9-4-12-3-8(9)5-13(7)6-10(14)11-2/h7-9,12H,3-6H2,1-2H3,(H,11,14). The van der Waals surface area contributed by atoms with Gasteiger partial charge in [0.2, 0.25) is 5.91 Å². The zero-order chi connectivity index (χ0) is 10.1. The van der Waals surface area contributed by atoms with Crippen molar-refractivity contribution in [1.29, 1.82) is 0 Å². The molecule has 0 spiro atoms. The Balaban J connectivity index is 1.93. The van der Waals surface area contributed by atoms with Gasteiger partial charge in [-0.15, -0.1) is 0 Å². The molecular weight excluding hydrogens is 178 g/mol. The van der Waals surface area contributed by atoms with Crippen LogP contribution in [0.5, 0.6) is 0 Å². The normalized spacial score (nSPS) is 37.1. The number of hydrogen-bond donors (Lipinski definition) is 2. The lowest BCUT2D eigenvalue weighted by molar-refractivity contribution is -0.122. The van der Waals surface area contributed by atoms with E-state index in [1.165, 1.54) is 0 Å². The second-order valence-corrected chi connectivity index (χ2v) is 4.43. The summed E-state index contributed by atoms with van der Waals surface area (Å²) in [6.07, 6.45) is 0. The number of likely N-dealkylation sites (N-methyl/N-ethyl adjacent to an activating group) is 1. The van der Waals surface area contributed by atoms with Gasteiger partial charge in [0.1, 0.15) is 0 Å². The molecule has 4 heteroatoms. The van der Waals surface area contributed by atoms with Crippen LogP contribution < -0.4 is 10.6 Å². The number of fused-ring (bicyclic) bond motifs is 1. The van der Waals surface area contributed by atoms with Crippen molar-refractivity contribution < 1.29 is 4.79 Å². The number of likely N-dealkylation sites (tertiary alicyclic amines) is 1. The summed E-state index contributed by atoms with van der Waals surface area (Å²) in [4.78, 5) is 13.6. The van der Waals surface area contributed by atoms with Gasteiger partial charge < -0.3 is 10.6 Å². The number of nitrogens with one attached hydrogen (secondary N) is 2. The highest BCUT2D eigenvalue weighted by molar-refractivity contribution is 5.77. The molecule has 2 rings (SSSR count). The van der Waals surface area contributed by atoms with Crippen LogP contribution in [0.15, 0.2) is 0 Å². The minimum atomic E-state index is 0.129. The predicted molar refractivity (Wildman–Crippen MR) is 55.0 cm³/mol. The fourth-order valence-electron chi connectivity index (χ4n) is 2.73. The van der Waals surface area contributed by atoms with E-state index in [2.05, 4.69) is 22.5 Å². The zero-order valence-electron chi connectivity index (χ0n) is 8.92. The summed E-state index contributed by atoms with van der Waals surface area (Å²) in [7, 11) is 1.70. The molecule has 0 aromatic heterocycles. The molecule has 0 bridgehead atoms. The average Bonchev–Trinajstić information content (AvgIpc) is 2.72. The number of amides is 1.